The molecule has 0 saturated carbocycles. The quantitative estimate of drug-likeness (QED) is 0.542. The first-order chi connectivity index (χ1) is 9.86. The molecule has 0 aliphatic carbocycles. The highest BCUT2D eigenvalue weighted by Gasteiger charge is 2.25. The Bertz CT molecular complexity index is 600. The zero-order valence-corrected chi connectivity index (χ0v) is 14.6. The van der Waals surface area contributed by atoms with Gasteiger partial charge in [0.2, 0.25) is 0 Å². The van der Waals surface area contributed by atoms with E-state index in [-0.39, 0.29) is 5.41 Å². The summed E-state index contributed by atoms with van der Waals surface area (Å²) in [5.41, 5.74) is 3.97. The number of hydrogen-bond donors (Lipinski definition) is 0. The van der Waals surface area contributed by atoms with Crippen molar-refractivity contribution in [3.8, 4) is 0 Å². The summed E-state index contributed by atoms with van der Waals surface area (Å²) in [4.78, 5) is 0. The molecule has 0 aliphatic heterocycles. The van der Waals surface area contributed by atoms with Gasteiger partial charge in [0.25, 0.3) is 0 Å². The fourth-order valence-corrected chi connectivity index (χ4v) is 2.42. The molecule has 21 heavy (non-hydrogen) atoms. The Morgan fingerprint density at radius 2 is 1.57 bits per heavy atom. The highest BCUT2D eigenvalue weighted by atomic mass is 14.3. The van der Waals surface area contributed by atoms with Crippen molar-refractivity contribution in [1.29, 1.82) is 0 Å². The summed E-state index contributed by atoms with van der Waals surface area (Å²) in [5.74, 6) is 0. The van der Waals surface area contributed by atoms with Crippen LogP contribution < -0.4 is 0 Å². The molecule has 0 N–H and O–H groups in total. The van der Waals surface area contributed by atoms with Crippen LogP contribution in [0.4, 0.5) is 0 Å². The number of hydrogen-bond acceptors (Lipinski definition) is 0. The van der Waals surface area contributed by atoms with Gasteiger partial charge in [-0.25, -0.2) is 0 Å². The highest BCUT2D eigenvalue weighted by Crippen LogP contribution is 2.37. The first-order valence-electron chi connectivity index (χ1n) is 8.01. The van der Waals surface area contributed by atoms with E-state index in [4.69, 9.17) is 0 Å². The van der Waals surface area contributed by atoms with E-state index in [0.29, 0.717) is 0 Å². The molecule has 0 heterocycles. The van der Waals surface area contributed by atoms with Crippen LogP contribution in [0.1, 0.15) is 58.6 Å². The predicted molar refractivity (Wildman–Crippen MR) is 97.1 cm³/mol. The van der Waals surface area contributed by atoms with E-state index in [9.17, 15) is 0 Å². The maximum atomic E-state index is 4.15. The van der Waals surface area contributed by atoms with Crippen LogP contribution in [0.2, 0.25) is 0 Å². The van der Waals surface area contributed by atoms with Gasteiger partial charge in [0, 0.05) is 5.41 Å². The van der Waals surface area contributed by atoms with Gasteiger partial charge in [0.05, 0.1) is 0 Å². The van der Waals surface area contributed by atoms with Crippen molar-refractivity contribution in [3.05, 3.63) is 59.7 Å². The van der Waals surface area contributed by atoms with Gasteiger partial charge >= 0.3 is 0 Å². The Hall–Kier alpha value is -1.56. The average molecular weight is 282 g/mol. The lowest BCUT2D eigenvalue weighted by atomic mass is 9.75. The third-order valence-corrected chi connectivity index (χ3v) is 4.33. The molecule has 0 aromatic heterocycles. The van der Waals surface area contributed by atoms with Crippen LogP contribution in [-0.2, 0) is 5.41 Å². The summed E-state index contributed by atoms with van der Waals surface area (Å²) in [6.07, 6.45) is 2.64. The molecule has 2 aromatic carbocycles. The van der Waals surface area contributed by atoms with E-state index in [1.807, 2.05) is 0 Å². The zero-order valence-electron chi connectivity index (χ0n) is 14.6. The summed E-state index contributed by atoms with van der Waals surface area (Å²) in [6, 6.07) is 13.0. The first kappa shape index (κ1) is 17.5. The van der Waals surface area contributed by atoms with Gasteiger partial charge in [-0.3, -0.25) is 0 Å². The maximum Gasteiger partial charge on any atom is 0.0108 e. The second kappa shape index (κ2) is 7.45. The van der Waals surface area contributed by atoms with Crippen molar-refractivity contribution in [3.63, 3.8) is 0 Å². The molecule has 0 nitrogen and oxygen atoms in total. The average Bonchev–Trinajstić information content (AvgIpc) is 2.46. The minimum atomic E-state index is 0.0188. The normalized spacial score (nSPS) is 11.0. The Balaban J connectivity index is 0.000000491. The maximum absolute atomic E-state index is 4.15. The van der Waals surface area contributed by atoms with E-state index in [0.717, 1.165) is 0 Å². The predicted octanol–water partition coefficient (Wildman–Crippen LogP) is 6.81. The summed E-state index contributed by atoms with van der Waals surface area (Å²) in [5, 5.41) is 2.66. The summed E-state index contributed by atoms with van der Waals surface area (Å²) >= 11 is 0. The molecular formula is C21H30. The minimum absolute atomic E-state index is 0.0188. The van der Waals surface area contributed by atoms with Gasteiger partial charge in [-0.15, -0.1) is 0 Å². The number of allylic oxidation sites excluding steroid dienone is 1. The summed E-state index contributed by atoms with van der Waals surface area (Å²) in [6.45, 7) is 17.3. The highest BCUT2D eigenvalue weighted by molar-refractivity contribution is 5.88. The van der Waals surface area contributed by atoms with Gasteiger partial charge in [0.1, 0.15) is 0 Å². The van der Waals surface area contributed by atoms with E-state index >= 15 is 0 Å². The number of rotatable bonds is 3. The largest absolute Gasteiger partial charge is 0.0993 e. The SMILES string of the molecule is C=C(C)C(C)(C)c1c(C)ccc2ccccc12.CCCC. The van der Waals surface area contributed by atoms with Crippen molar-refractivity contribution >= 4 is 10.8 Å². The molecule has 0 spiro atoms. The van der Waals surface area contributed by atoms with Crippen LogP contribution in [0.25, 0.3) is 10.8 Å². The second-order valence-electron chi connectivity index (χ2n) is 6.38. The molecular weight excluding hydrogens is 252 g/mol. The van der Waals surface area contributed by atoms with Crippen LogP contribution >= 0.6 is 0 Å². The fourth-order valence-electron chi connectivity index (χ4n) is 2.42. The molecule has 0 saturated heterocycles. The molecule has 114 valence electrons. The van der Waals surface area contributed by atoms with Crippen molar-refractivity contribution in [1.82, 2.24) is 0 Å². The van der Waals surface area contributed by atoms with Gasteiger partial charge in [-0.05, 0) is 35.7 Å². The number of unbranched alkanes of at least 4 members (excludes halogenated alkanes) is 1. The molecule has 0 aliphatic rings. The molecule has 0 atom stereocenters. The Morgan fingerprint density at radius 3 is 2.10 bits per heavy atom. The van der Waals surface area contributed by atoms with Crippen LogP contribution in [0.5, 0.6) is 0 Å². The Kier molecular flexibility index (Phi) is 6.20. The minimum Gasteiger partial charge on any atom is -0.0993 e. The van der Waals surface area contributed by atoms with Gasteiger partial charge in [-0.2, -0.15) is 0 Å². The molecule has 2 rings (SSSR count). The van der Waals surface area contributed by atoms with Gasteiger partial charge in [-0.1, -0.05) is 89.1 Å². The van der Waals surface area contributed by atoms with Crippen LogP contribution in [0.3, 0.4) is 0 Å². The standard InChI is InChI=1S/C17H20.C4H10/c1-12(2)17(4,5)16-13(3)10-11-14-8-6-7-9-15(14)16;1-3-4-2/h6-11H,1H2,2-5H3;3-4H2,1-2H3. The van der Waals surface area contributed by atoms with Crippen LogP contribution in [0.15, 0.2) is 48.6 Å². The molecule has 0 fully saturated rings. The van der Waals surface area contributed by atoms with Crippen molar-refractivity contribution in [2.24, 2.45) is 0 Å². The van der Waals surface area contributed by atoms with Gasteiger partial charge < -0.3 is 0 Å². The molecule has 0 heteroatoms. The fraction of sp³-hybridized carbons (Fsp3) is 0.429. The third kappa shape index (κ3) is 3.97. The monoisotopic (exact) mass is 282 g/mol. The van der Waals surface area contributed by atoms with Crippen molar-refractivity contribution < 1.29 is 0 Å². The summed E-state index contributed by atoms with van der Waals surface area (Å²) < 4.78 is 0. The van der Waals surface area contributed by atoms with E-state index in [1.54, 1.807) is 0 Å². The second-order valence-corrected chi connectivity index (χ2v) is 6.38. The number of benzene rings is 2. The molecule has 2 aromatic rings. The van der Waals surface area contributed by atoms with Gasteiger partial charge in [0.15, 0.2) is 0 Å². The third-order valence-electron chi connectivity index (χ3n) is 4.33. The topological polar surface area (TPSA) is 0 Å². The molecule has 0 bridgehead atoms. The Morgan fingerprint density at radius 1 is 1.00 bits per heavy atom. The van der Waals surface area contributed by atoms with E-state index in [2.05, 4.69) is 84.5 Å². The first-order valence-corrected chi connectivity index (χ1v) is 8.01. The lowest BCUT2D eigenvalue weighted by Gasteiger charge is -2.29. The lowest BCUT2D eigenvalue weighted by molar-refractivity contribution is 0.628. The van der Waals surface area contributed by atoms with Crippen LogP contribution in [-0.4, -0.2) is 0 Å². The van der Waals surface area contributed by atoms with Crippen molar-refractivity contribution in [2.75, 3.05) is 0 Å². The van der Waals surface area contributed by atoms with Crippen LogP contribution in [0, 0.1) is 6.92 Å². The zero-order chi connectivity index (χ0) is 16.0. The lowest BCUT2D eigenvalue weighted by Crippen LogP contribution is -2.20. The molecule has 0 unspecified atom stereocenters. The smallest absolute Gasteiger partial charge is 0.0108 e. The van der Waals surface area contributed by atoms with Crippen molar-refractivity contribution in [2.45, 2.75) is 59.8 Å². The Labute approximate surface area is 130 Å². The number of aryl methyl sites for hydroxylation is 1. The molecule has 0 radical (unpaired) electrons. The number of fused-ring (bicyclic) bond motifs is 1. The van der Waals surface area contributed by atoms with E-state index in [1.165, 1.54) is 40.3 Å². The summed E-state index contributed by atoms with van der Waals surface area (Å²) in [7, 11) is 0. The molecule has 0 amide bonds. The van der Waals surface area contributed by atoms with E-state index < -0.39 is 0 Å².